The number of carbonyl (C=O) groups is 2. The molecule has 1 heterocycles. The van der Waals surface area contributed by atoms with Crippen LogP contribution in [-0.2, 0) is 14.3 Å². The Morgan fingerprint density at radius 2 is 2.11 bits per heavy atom. The highest BCUT2D eigenvalue weighted by atomic mass is 16.5. The Labute approximate surface area is 106 Å². The maximum atomic E-state index is 11.6. The number of nitrogens with one attached hydrogen (secondary N) is 1. The summed E-state index contributed by atoms with van der Waals surface area (Å²) < 4.78 is 4.73. The van der Waals surface area contributed by atoms with E-state index in [0.717, 1.165) is 18.7 Å². The molecule has 18 heavy (non-hydrogen) atoms. The van der Waals surface area contributed by atoms with Crippen LogP contribution in [0.4, 0.5) is 11.4 Å². The largest absolute Gasteiger partial charge is 0.375 e. The van der Waals surface area contributed by atoms with Crippen molar-refractivity contribution in [3.8, 4) is 0 Å². The second kappa shape index (κ2) is 5.64. The van der Waals surface area contributed by atoms with Crippen LogP contribution >= 0.6 is 0 Å². The van der Waals surface area contributed by atoms with Gasteiger partial charge in [-0.25, -0.2) is 0 Å². The summed E-state index contributed by atoms with van der Waals surface area (Å²) in [6, 6.07) is 7.25. The maximum absolute atomic E-state index is 11.6. The van der Waals surface area contributed by atoms with Crippen LogP contribution in [0.5, 0.6) is 0 Å². The number of nitrogens with zero attached hydrogens (tertiary/aromatic N) is 1. The van der Waals surface area contributed by atoms with E-state index in [4.69, 9.17) is 4.74 Å². The second-order valence-corrected chi connectivity index (χ2v) is 4.18. The summed E-state index contributed by atoms with van der Waals surface area (Å²) in [5, 5.41) is 2.70. The molecule has 0 saturated carbocycles. The van der Waals surface area contributed by atoms with Crippen molar-refractivity contribution in [2.75, 3.05) is 30.5 Å². The fraction of sp³-hybridized carbons (Fsp3) is 0.385. The lowest BCUT2D eigenvalue weighted by Crippen LogP contribution is -2.23. The van der Waals surface area contributed by atoms with Gasteiger partial charge in [-0.05, 0) is 30.7 Å². The first-order valence-electron chi connectivity index (χ1n) is 5.90. The Morgan fingerprint density at radius 3 is 2.67 bits per heavy atom. The summed E-state index contributed by atoms with van der Waals surface area (Å²) >= 11 is 0. The van der Waals surface area contributed by atoms with Crippen molar-refractivity contribution in [1.82, 2.24) is 0 Å². The number of hydrogen-bond donors (Lipinski definition) is 1. The van der Waals surface area contributed by atoms with Crippen LogP contribution in [0.15, 0.2) is 24.3 Å². The quantitative estimate of drug-likeness (QED) is 0.876. The Balaban J connectivity index is 2.01. The van der Waals surface area contributed by atoms with Gasteiger partial charge in [-0.2, -0.15) is 0 Å². The number of methoxy groups -OCH3 is 1. The monoisotopic (exact) mass is 248 g/mol. The van der Waals surface area contributed by atoms with Gasteiger partial charge in [0.25, 0.3) is 0 Å². The molecule has 0 radical (unpaired) electrons. The third kappa shape index (κ3) is 2.87. The Kier molecular flexibility index (Phi) is 3.94. The van der Waals surface area contributed by atoms with Gasteiger partial charge in [0.1, 0.15) is 6.61 Å². The minimum absolute atomic E-state index is 0.0341. The Hall–Kier alpha value is -1.88. The van der Waals surface area contributed by atoms with Crippen molar-refractivity contribution < 1.29 is 14.3 Å². The number of hydrogen-bond acceptors (Lipinski definition) is 3. The molecule has 2 amide bonds. The number of anilines is 2. The van der Waals surface area contributed by atoms with Crippen LogP contribution < -0.4 is 10.2 Å². The van der Waals surface area contributed by atoms with Gasteiger partial charge in [0.15, 0.2) is 0 Å². The first-order chi connectivity index (χ1) is 8.70. The van der Waals surface area contributed by atoms with Crippen molar-refractivity contribution >= 4 is 23.2 Å². The lowest BCUT2D eigenvalue weighted by molar-refractivity contribution is -0.119. The van der Waals surface area contributed by atoms with E-state index in [2.05, 4.69) is 5.32 Å². The van der Waals surface area contributed by atoms with Gasteiger partial charge in [-0.1, -0.05) is 0 Å². The average molecular weight is 248 g/mol. The van der Waals surface area contributed by atoms with E-state index in [1.807, 2.05) is 12.1 Å². The minimum atomic E-state index is -0.192. The summed E-state index contributed by atoms with van der Waals surface area (Å²) in [4.78, 5) is 24.6. The van der Waals surface area contributed by atoms with Gasteiger partial charge in [-0.3, -0.25) is 9.59 Å². The molecule has 2 rings (SSSR count). The molecular weight excluding hydrogens is 232 g/mol. The molecule has 0 spiro atoms. The molecule has 1 N–H and O–H groups in total. The van der Waals surface area contributed by atoms with E-state index >= 15 is 0 Å². The lowest BCUT2D eigenvalue weighted by Gasteiger charge is -2.16. The normalized spacial score (nSPS) is 14.9. The number of carbonyl (C=O) groups excluding carboxylic acids is 2. The zero-order chi connectivity index (χ0) is 13.0. The van der Waals surface area contributed by atoms with Crippen LogP contribution in [0.25, 0.3) is 0 Å². The van der Waals surface area contributed by atoms with Crippen molar-refractivity contribution in [3.05, 3.63) is 24.3 Å². The fourth-order valence-electron chi connectivity index (χ4n) is 1.97. The van der Waals surface area contributed by atoms with Crippen LogP contribution in [0.1, 0.15) is 12.8 Å². The van der Waals surface area contributed by atoms with Gasteiger partial charge >= 0.3 is 0 Å². The lowest BCUT2D eigenvalue weighted by atomic mass is 10.2. The average Bonchev–Trinajstić information content (AvgIpc) is 2.77. The third-order valence-corrected chi connectivity index (χ3v) is 2.81. The number of rotatable bonds is 4. The van der Waals surface area contributed by atoms with E-state index in [1.165, 1.54) is 7.11 Å². The summed E-state index contributed by atoms with van der Waals surface area (Å²) in [5.41, 5.74) is 1.58. The predicted molar refractivity (Wildman–Crippen MR) is 68.5 cm³/mol. The standard InChI is InChI=1S/C13H16N2O3/c1-18-9-12(16)14-10-4-6-11(7-5-10)15-8-2-3-13(15)17/h4-7H,2-3,8-9H2,1H3,(H,14,16). The van der Waals surface area contributed by atoms with Crippen LogP contribution in [0, 0.1) is 0 Å². The Morgan fingerprint density at radius 1 is 1.39 bits per heavy atom. The smallest absolute Gasteiger partial charge is 0.250 e. The van der Waals surface area contributed by atoms with Crippen LogP contribution in [0.2, 0.25) is 0 Å². The molecule has 1 aliphatic rings. The zero-order valence-electron chi connectivity index (χ0n) is 10.3. The first-order valence-corrected chi connectivity index (χ1v) is 5.90. The summed E-state index contributed by atoms with van der Waals surface area (Å²) in [7, 11) is 1.47. The SMILES string of the molecule is COCC(=O)Nc1ccc(N2CCCC2=O)cc1. The van der Waals surface area contributed by atoms with Gasteiger partial charge in [0.05, 0.1) is 0 Å². The number of amides is 2. The van der Waals surface area contributed by atoms with E-state index < -0.39 is 0 Å². The van der Waals surface area contributed by atoms with E-state index in [-0.39, 0.29) is 18.4 Å². The van der Waals surface area contributed by atoms with E-state index in [1.54, 1.807) is 17.0 Å². The first kappa shape index (κ1) is 12.6. The molecule has 1 fully saturated rings. The molecule has 0 atom stereocenters. The van der Waals surface area contributed by atoms with Crippen LogP contribution in [0.3, 0.4) is 0 Å². The molecule has 1 aromatic rings. The second-order valence-electron chi connectivity index (χ2n) is 4.18. The summed E-state index contributed by atoms with van der Waals surface area (Å²) in [6.45, 7) is 0.806. The summed E-state index contributed by atoms with van der Waals surface area (Å²) in [6.07, 6.45) is 1.53. The minimum Gasteiger partial charge on any atom is -0.375 e. The Bertz CT molecular complexity index is 442. The molecule has 1 saturated heterocycles. The molecule has 0 unspecified atom stereocenters. The van der Waals surface area contributed by atoms with Crippen molar-refractivity contribution in [3.63, 3.8) is 0 Å². The van der Waals surface area contributed by atoms with Crippen molar-refractivity contribution in [2.45, 2.75) is 12.8 Å². The number of benzene rings is 1. The molecule has 5 nitrogen and oxygen atoms in total. The van der Waals surface area contributed by atoms with Gasteiger partial charge < -0.3 is 15.0 Å². The highest BCUT2D eigenvalue weighted by Gasteiger charge is 2.21. The van der Waals surface area contributed by atoms with E-state index in [0.29, 0.717) is 12.1 Å². The fourth-order valence-corrected chi connectivity index (χ4v) is 1.97. The summed E-state index contributed by atoms with van der Waals surface area (Å²) in [5.74, 6) is -0.0336. The molecule has 0 bridgehead atoms. The number of ether oxygens (including phenoxy) is 1. The van der Waals surface area contributed by atoms with Gasteiger partial charge in [0.2, 0.25) is 11.8 Å². The van der Waals surface area contributed by atoms with E-state index in [9.17, 15) is 9.59 Å². The molecule has 1 aliphatic heterocycles. The van der Waals surface area contributed by atoms with Gasteiger partial charge in [0, 0.05) is 31.5 Å². The zero-order valence-corrected chi connectivity index (χ0v) is 10.3. The predicted octanol–water partition coefficient (Wildman–Crippen LogP) is 1.40. The third-order valence-electron chi connectivity index (χ3n) is 2.81. The molecule has 0 aromatic heterocycles. The van der Waals surface area contributed by atoms with Crippen LogP contribution in [-0.4, -0.2) is 32.1 Å². The van der Waals surface area contributed by atoms with Gasteiger partial charge in [-0.15, -0.1) is 0 Å². The molecule has 0 aliphatic carbocycles. The van der Waals surface area contributed by atoms with Crippen molar-refractivity contribution in [1.29, 1.82) is 0 Å². The topological polar surface area (TPSA) is 58.6 Å². The molecular formula is C13H16N2O3. The molecule has 1 aromatic carbocycles. The highest BCUT2D eigenvalue weighted by Crippen LogP contribution is 2.22. The molecule has 96 valence electrons. The molecule has 5 heteroatoms. The highest BCUT2D eigenvalue weighted by molar-refractivity contribution is 5.96. The van der Waals surface area contributed by atoms with Crippen molar-refractivity contribution in [2.24, 2.45) is 0 Å². The maximum Gasteiger partial charge on any atom is 0.250 e.